The van der Waals surface area contributed by atoms with Crippen LogP contribution in [0.15, 0.2) is 48.5 Å². The van der Waals surface area contributed by atoms with E-state index >= 15 is 0 Å². The second-order valence-corrected chi connectivity index (χ2v) is 7.66. The van der Waals surface area contributed by atoms with Crippen molar-refractivity contribution in [1.82, 2.24) is 0 Å². The molecule has 0 aliphatic heterocycles. The van der Waals surface area contributed by atoms with Gasteiger partial charge >= 0.3 is 11.9 Å². The zero-order valence-corrected chi connectivity index (χ0v) is 18.6. The fraction of sp³-hybridized carbons (Fsp3) is 0.440. The summed E-state index contributed by atoms with van der Waals surface area (Å²) in [4.78, 5) is 35.2. The van der Waals surface area contributed by atoms with Gasteiger partial charge in [-0.25, -0.2) is 9.59 Å². The van der Waals surface area contributed by atoms with Crippen molar-refractivity contribution in [3.05, 3.63) is 75.3 Å². The minimum absolute atomic E-state index is 0.0374. The summed E-state index contributed by atoms with van der Waals surface area (Å²) in [6.45, 7) is 2.46. The smallest absolute Gasteiger partial charge is 0.339 e. The summed E-state index contributed by atoms with van der Waals surface area (Å²) in [5, 5.41) is 10.7. The highest BCUT2D eigenvalue weighted by Crippen LogP contribution is 2.16. The number of nitro groups is 1. The second-order valence-electron chi connectivity index (χ2n) is 7.66. The van der Waals surface area contributed by atoms with Crippen molar-refractivity contribution >= 4 is 17.6 Å². The largest absolute Gasteiger partial charge is 0.462 e. The Balaban J connectivity index is 1.79. The minimum Gasteiger partial charge on any atom is -0.462 e. The first-order chi connectivity index (χ1) is 15.5. The SMILES string of the molecule is CCCCCCCCCCOC(=O)c1ccccc1C(=O)OCc1ccc([N+](=O)[O-])cc1. The second kappa shape index (κ2) is 14.0. The Hall–Kier alpha value is -3.22. The van der Waals surface area contributed by atoms with Gasteiger partial charge in [0, 0.05) is 12.1 Å². The number of unbranched alkanes of at least 4 members (excludes halogenated alkanes) is 7. The Labute approximate surface area is 188 Å². The highest BCUT2D eigenvalue weighted by Gasteiger charge is 2.19. The number of ether oxygens (including phenoxy) is 2. The molecule has 0 aromatic heterocycles. The van der Waals surface area contributed by atoms with E-state index in [4.69, 9.17) is 9.47 Å². The van der Waals surface area contributed by atoms with Gasteiger partial charge in [0.15, 0.2) is 0 Å². The van der Waals surface area contributed by atoms with Gasteiger partial charge in [-0.15, -0.1) is 0 Å². The van der Waals surface area contributed by atoms with Crippen LogP contribution in [0.25, 0.3) is 0 Å². The quantitative estimate of drug-likeness (QED) is 0.149. The zero-order chi connectivity index (χ0) is 23.2. The number of hydrogen-bond acceptors (Lipinski definition) is 6. The lowest BCUT2D eigenvalue weighted by molar-refractivity contribution is -0.384. The van der Waals surface area contributed by atoms with E-state index < -0.39 is 16.9 Å². The fourth-order valence-electron chi connectivity index (χ4n) is 3.26. The number of carbonyl (C=O) groups is 2. The highest BCUT2D eigenvalue weighted by atomic mass is 16.6. The summed E-state index contributed by atoms with van der Waals surface area (Å²) in [6, 6.07) is 12.1. The van der Waals surface area contributed by atoms with E-state index in [1.165, 1.54) is 62.4 Å². The third-order valence-electron chi connectivity index (χ3n) is 5.12. The van der Waals surface area contributed by atoms with Crippen molar-refractivity contribution in [3.8, 4) is 0 Å². The topological polar surface area (TPSA) is 95.7 Å². The molecule has 2 aromatic rings. The molecule has 0 aliphatic rings. The number of hydrogen-bond donors (Lipinski definition) is 0. The van der Waals surface area contributed by atoms with Crippen molar-refractivity contribution in [3.63, 3.8) is 0 Å². The summed E-state index contributed by atoms with van der Waals surface area (Å²) in [5.74, 6) is -1.20. The summed E-state index contributed by atoms with van der Waals surface area (Å²) in [6.07, 6.45) is 9.20. The molecule has 0 aliphatic carbocycles. The predicted molar refractivity (Wildman–Crippen MR) is 122 cm³/mol. The Kier molecular flexibility index (Phi) is 10.9. The van der Waals surface area contributed by atoms with Crippen LogP contribution in [-0.4, -0.2) is 23.5 Å². The summed E-state index contributed by atoms with van der Waals surface area (Å²) >= 11 is 0. The van der Waals surface area contributed by atoms with Gasteiger partial charge in [0.1, 0.15) is 6.61 Å². The van der Waals surface area contributed by atoms with Crippen molar-refractivity contribution < 1.29 is 24.0 Å². The first kappa shape index (κ1) is 25.0. The summed E-state index contributed by atoms with van der Waals surface area (Å²) < 4.78 is 10.6. The third kappa shape index (κ3) is 8.49. The van der Waals surface area contributed by atoms with Crippen molar-refractivity contribution in [2.24, 2.45) is 0 Å². The number of benzene rings is 2. The number of nitrogens with zero attached hydrogens (tertiary/aromatic N) is 1. The molecular weight excluding hydrogens is 410 g/mol. The molecule has 0 N–H and O–H groups in total. The van der Waals surface area contributed by atoms with Gasteiger partial charge in [0.05, 0.1) is 22.7 Å². The molecule has 7 nitrogen and oxygen atoms in total. The Morgan fingerprint density at radius 2 is 1.31 bits per heavy atom. The molecule has 0 atom stereocenters. The molecule has 32 heavy (non-hydrogen) atoms. The Bertz CT molecular complexity index is 878. The van der Waals surface area contributed by atoms with Crippen LogP contribution in [0.5, 0.6) is 0 Å². The number of non-ortho nitro benzene ring substituents is 1. The normalized spacial score (nSPS) is 10.5. The van der Waals surface area contributed by atoms with E-state index in [9.17, 15) is 19.7 Å². The van der Waals surface area contributed by atoms with E-state index in [-0.39, 0.29) is 23.4 Å². The van der Waals surface area contributed by atoms with Crippen molar-refractivity contribution in [2.45, 2.75) is 64.9 Å². The van der Waals surface area contributed by atoms with Crippen molar-refractivity contribution in [1.29, 1.82) is 0 Å². The summed E-state index contributed by atoms with van der Waals surface area (Å²) in [5.41, 5.74) is 0.875. The molecule has 0 amide bonds. The van der Waals surface area contributed by atoms with E-state index in [2.05, 4.69) is 6.92 Å². The van der Waals surface area contributed by atoms with Gasteiger partial charge in [-0.1, -0.05) is 64.0 Å². The lowest BCUT2D eigenvalue weighted by atomic mass is 10.1. The predicted octanol–water partition coefficient (Wildman–Crippen LogP) is 6.25. The lowest BCUT2D eigenvalue weighted by Gasteiger charge is -2.10. The fourth-order valence-corrected chi connectivity index (χ4v) is 3.26. The van der Waals surface area contributed by atoms with Gasteiger partial charge in [0.25, 0.3) is 5.69 Å². The zero-order valence-electron chi connectivity index (χ0n) is 18.6. The van der Waals surface area contributed by atoms with Crippen molar-refractivity contribution in [2.75, 3.05) is 6.61 Å². The van der Waals surface area contributed by atoms with Crippen LogP contribution in [0.2, 0.25) is 0 Å². The maximum Gasteiger partial charge on any atom is 0.339 e. The Morgan fingerprint density at radius 3 is 1.88 bits per heavy atom. The van der Waals surface area contributed by atoms with Gasteiger partial charge in [-0.2, -0.15) is 0 Å². The molecule has 0 unspecified atom stereocenters. The standard InChI is InChI=1S/C25H31NO6/c1-2-3-4-5-6-7-8-11-18-31-24(27)22-12-9-10-13-23(22)25(28)32-19-20-14-16-21(17-15-20)26(29)30/h9-10,12-17H,2-8,11,18-19H2,1H3. The molecule has 0 heterocycles. The number of esters is 2. The molecule has 7 heteroatoms. The maximum absolute atomic E-state index is 12.5. The van der Waals surface area contributed by atoms with Crippen LogP contribution in [0.4, 0.5) is 5.69 Å². The summed E-state index contributed by atoms with van der Waals surface area (Å²) in [7, 11) is 0. The maximum atomic E-state index is 12.5. The average molecular weight is 442 g/mol. The van der Waals surface area contributed by atoms with Gasteiger partial charge in [-0.05, 0) is 36.2 Å². The average Bonchev–Trinajstić information content (AvgIpc) is 2.81. The van der Waals surface area contributed by atoms with Crippen LogP contribution in [0.3, 0.4) is 0 Å². The van der Waals surface area contributed by atoms with E-state index in [1.807, 2.05) is 0 Å². The Morgan fingerprint density at radius 1 is 0.781 bits per heavy atom. The van der Waals surface area contributed by atoms with Crippen LogP contribution in [0, 0.1) is 10.1 Å². The molecule has 0 radical (unpaired) electrons. The van der Waals surface area contributed by atoms with Gasteiger partial charge < -0.3 is 9.47 Å². The third-order valence-corrected chi connectivity index (χ3v) is 5.12. The van der Waals surface area contributed by atoms with Crippen LogP contribution in [0.1, 0.15) is 84.6 Å². The van der Waals surface area contributed by atoms with Crippen LogP contribution in [-0.2, 0) is 16.1 Å². The molecule has 172 valence electrons. The molecule has 0 spiro atoms. The minimum atomic E-state index is -0.650. The molecule has 2 aromatic carbocycles. The number of carbonyl (C=O) groups excluding carboxylic acids is 2. The highest BCUT2D eigenvalue weighted by molar-refractivity contribution is 6.03. The molecule has 0 saturated heterocycles. The molecule has 0 bridgehead atoms. The van der Waals surface area contributed by atoms with Gasteiger partial charge in [0.2, 0.25) is 0 Å². The van der Waals surface area contributed by atoms with E-state index in [0.29, 0.717) is 12.2 Å². The van der Waals surface area contributed by atoms with Crippen LogP contribution >= 0.6 is 0 Å². The lowest BCUT2D eigenvalue weighted by Crippen LogP contribution is -2.14. The number of rotatable bonds is 14. The van der Waals surface area contributed by atoms with E-state index in [1.54, 1.807) is 18.2 Å². The monoisotopic (exact) mass is 441 g/mol. The first-order valence-corrected chi connectivity index (χ1v) is 11.2. The van der Waals surface area contributed by atoms with E-state index in [0.717, 1.165) is 19.3 Å². The van der Waals surface area contributed by atoms with Gasteiger partial charge in [-0.3, -0.25) is 10.1 Å². The molecule has 0 fully saturated rings. The van der Waals surface area contributed by atoms with Crippen LogP contribution < -0.4 is 0 Å². The number of nitro benzene ring substituents is 1. The molecular formula is C25H31NO6. The first-order valence-electron chi connectivity index (χ1n) is 11.2. The molecule has 0 saturated carbocycles. The molecule has 2 rings (SSSR count).